The molecule has 0 rings (SSSR count). The molecule has 0 spiro atoms. The van der Waals surface area contributed by atoms with Gasteiger partial charge in [0.15, 0.2) is 0 Å². The van der Waals surface area contributed by atoms with Gasteiger partial charge in [0, 0.05) is 34.7 Å². The second-order valence-electron chi connectivity index (χ2n) is 4.39. The van der Waals surface area contributed by atoms with Crippen molar-refractivity contribution in [1.82, 2.24) is 9.80 Å². The van der Waals surface area contributed by atoms with Gasteiger partial charge in [0.25, 0.3) is 0 Å². The van der Waals surface area contributed by atoms with Crippen molar-refractivity contribution in [3.8, 4) is 0 Å². The van der Waals surface area contributed by atoms with Crippen molar-refractivity contribution in [1.29, 1.82) is 0 Å². The normalized spacial score (nSPS) is 12.9. The summed E-state index contributed by atoms with van der Waals surface area (Å²) in [5.41, 5.74) is 0. The van der Waals surface area contributed by atoms with E-state index in [-0.39, 0.29) is 5.97 Å². The highest BCUT2D eigenvalue weighted by atomic mass is 16.5. The van der Waals surface area contributed by atoms with Crippen LogP contribution in [0, 0.1) is 0 Å². The number of carbonyl (C=O) groups excluding carboxylic acids is 1. The van der Waals surface area contributed by atoms with Gasteiger partial charge in [-0.2, -0.15) is 0 Å². The molecule has 6 heteroatoms. The van der Waals surface area contributed by atoms with Crippen LogP contribution in [0.5, 0.6) is 0 Å². The van der Waals surface area contributed by atoms with E-state index in [1.54, 1.807) is 17.6 Å². The Morgan fingerprint density at radius 1 is 1.22 bits per heavy atom. The van der Waals surface area contributed by atoms with Gasteiger partial charge in [-0.15, -0.1) is 0 Å². The molecule has 1 unspecified atom stereocenters. The summed E-state index contributed by atoms with van der Waals surface area (Å²) in [4.78, 5) is 23.6. The first kappa shape index (κ1) is 16.4. The molecule has 0 aromatic heterocycles. The standard InChI is InChI=1S/C12H24N4O2/c1-15(2)9-13-8-6-7-11(12(17)18-5)14-10-16(3)4/h9-11H,6-8H2,1-5H3. The van der Waals surface area contributed by atoms with Crippen molar-refractivity contribution in [3.63, 3.8) is 0 Å². The van der Waals surface area contributed by atoms with Crippen molar-refractivity contribution in [3.05, 3.63) is 0 Å². The number of ether oxygens (including phenoxy) is 1. The molecule has 0 aliphatic heterocycles. The van der Waals surface area contributed by atoms with Gasteiger partial charge in [0.2, 0.25) is 0 Å². The first-order valence-corrected chi connectivity index (χ1v) is 5.91. The zero-order valence-electron chi connectivity index (χ0n) is 12.0. The van der Waals surface area contributed by atoms with E-state index in [1.165, 1.54) is 7.11 Å². The molecule has 0 bridgehead atoms. The van der Waals surface area contributed by atoms with Crippen molar-refractivity contribution < 1.29 is 9.53 Å². The van der Waals surface area contributed by atoms with Gasteiger partial charge in [-0.05, 0) is 12.8 Å². The lowest BCUT2D eigenvalue weighted by atomic mass is 10.1. The molecular weight excluding hydrogens is 232 g/mol. The van der Waals surface area contributed by atoms with Crippen LogP contribution in [-0.4, -0.2) is 76.3 Å². The number of methoxy groups -OCH3 is 1. The Kier molecular flexibility index (Phi) is 8.61. The Labute approximate surface area is 109 Å². The van der Waals surface area contributed by atoms with E-state index in [4.69, 9.17) is 4.74 Å². The Morgan fingerprint density at radius 3 is 2.33 bits per heavy atom. The molecule has 0 aliphatic rings. The van der Waals surface area contributed by atoms with E-state index in [1.807, 2.05) is 33.1 Å². The van der Waals surface area contributed by atoms with Crippen LogP contribution in [0.4, 0.5) is 0 Å². The number of carbonyl (C=O) groups is 1. The van der Waals surface area contributed by atoms with Crippen LogP contribution in [0.25, 0.3) is 0 Å². The highest BCUT2D eigenvalue weighted by Gasteiger charge is 2.16. The van der Waals surface area contributed by atoms with Gasteiger partial charge in [-0.1, -0.05) is 0 Å². The van der Waals surface area contributed by atoms with Crippen molar-refractivity contribution in [2.75, 3.05) is 41.8 Å². The lowest BCUT2D eigenvalue weighted by Gasteiger charge is -2.11. The third kappa shape index (κ3) is 8.55. The number of rotatable bonds is 8. The minimum Gasteiger partial charge on any atom is -0.467 e. The maximum atomic E-state index is 11.5. The zero-order valence-corrected chi connectivity index (χ0v) is 12.0. The molecule has 0 aromatic carbocycles. The molecule has 18 heavy (non-hydrogen) atoms. The number of hydrogen-bond acceptors (Lipinski definition) is 4. The Balaban J connectivity index is 4.14. The summed E-state index contributed by atoms with van der Waals surface area (Å²) in [7, 11) is 8.94. The van der Waals surface area contributed by atoms with Crippen molar-refractivity contribution in [2.45, 2.75) is 18.9 Å². The van der Waals surface area contributed by atoms with E-state index in [9.17, 15) is 4.79 Å². The zero-order chi connectivity index (χ0) is 14.0. The third-order valence-corrected chi connectivity index (χ3v) is 2.03. The van der Waals surface area contributed by atoms with Crippen LogP contribution in [0.3, 0.4) is 0 Å². The summed E-state index contributed by atoms with van der Waals surface area (Å²) in [6.07, 6.45) is 4.83. The molecule has 0 aromatic rings. The molecule has 0 fully saturated rings. The van der Waals surface area contributed by atoms with Gasteiger partial charge in [0.05, 0.1) is 19.8 Å². The van der Waals surface area contributed by atoms with E-state index in [0.717, 1.165) is 6.42 Å². The average molecular weight is 256 g/mol. The summed E-state index contributed by atoms with van der Waals surface area (Å²) in [6.45, 7) is 0.684. The first-order chi connectivity index (χ1) is 8.47. The second-order valence-corrected chi connectivity index (χ2v) is 4.39. The molecule has 0 amide bonds. The van der Waals surface area contributed by atoms with E-state index in [0.29, 0.717) is 13.0 Å². The van der Waals surface area contributed by atoms with Crippen LogP contribution < -0.4 is 0 Å². The van der Waals surface area contributed by atoms with Crippen LogP contribution in [-0.2, 0) is 9.53 Å². The van der Waals surface area contributed by atoms with Gasteiger partial charge in [-0.25, -0.2) is 4.79 Å². The van der Waals surface area contributed by atoms with Gasteiger partial charge < -0.3 is 14.5 Å². The molecule has 0 saturated carbocycles. The Bertz CT molecular complexity index is 288. The average Bonchev–Trinajstić information content (AvgIpc) is 2.31. The molecule has 0 N–H and O–H groups in total. The van der Waals surface area contributed by atoms with E-state index >= 15 is 0 Å². The monoisotopic (exact) mass is 256 g/mol. The molecule has 0 saturated heterocycles. The third-order valence-electron chi connectivity index (χ3n) is 2.03. The SMILES string of the molecule is COC(=O)C(CCCN=CN(C)C)N=CN(C)C. The molecule has 0 heterocycles. The quantitative estimate of drug-likeness (QED) is 0.274. The highest BCUT2D eigenvalue weighted by Crippen LogP contribution is 2.04. The van der Waals surface area contributed by atoms with Crippen LogP contribution in [0.1, 0.15) is 12.8 Å². The molecule has 0 aliphatic carbocycles. The maximum absolute atomic E-state index is 11.5. The predicted molar refractivity (Wildman–Crippen MR) is 74.3 cm³/mol. The largest absolute Gasteiger partial charge is 0.467 e. The summed E-state index contributed by atoms with van der Waals surface area (Å²) in [5.74, 6) is -0.301. The molecule has 104 valence electrons. The number of esters is 1. The summed E-state index contributed by atoms with van der Waals surface area (Å²) in [6, 6.07) is -0.438. The van der Waals surface area contributed by atoms with Crippen LogP contribution in [0.2, 0.25) is 0 Å². The van der Waals surface area contributed by atoms with Crippen molar-refractivity contribution >= 4 is 18.6 Å². The van der Waals surface area contributed by atoms with Gasteiger partial charge in [-0.3, -0.25) is 9.98 Å². The minimum absolute atomic E-state index is 0.301. The van der Waals surface area contributed by atoms with Gasteiger partial charge >= 0.3 is 5.97 Å². The van der Waals surface area contributed by atoms with Crippen molar-refractivity contribution in [2.24, 2.45) is 9.98 Å². The lowest BCUT2D eigenvalue weighted by Crippen LogP contribution is -2.22. The second kappa shape index (κ2) is 9.44. The first-order valence-electron chi connectivity index (χ1n) is 5.91. The van der Waals surface area contributed by atoms with Crippen LogP contribution >= 0.6 is 0 Å². The van der Waals surface area contributed by atoms with Gasteiger partial charge in [0.1, 0.15) is 6.04 Å². The number of aliphatic imine (C=N–C) groups is 2. The Morgan fingerprint density at radius 2 is 1.83 bits per heavy atom. The molecule has 0 radical (unpaired) electrons. The fourth-order valence-electron chi connectivity index (χ4n) is 1.20. The molecular formula is C12H24N4O2. The summed E-state index contributed by atoms with van der Waals surface area (Å²) in [5, 5.41) is 0. The molecule has 1 atom stereocenters. The minimum atomic E-state index is -0.438. The topological polar surface area (TPSA) is 57.5 Å². The number of hydrogen-bond donors (Lipinski definition) is 0. The Hall–Kier alpha value is -1.59. The maximum Gasteiger partial charge on any atom is 0.330 e. The lowest BCUT2D eigenvalue weighted by molar-refractivity contribution is -0.142. The number of nitrogens with zero attached hydrogens (tertiary/aromatic N) is 4. The van der Waals surface area contributed by atoms with E-state index in [2.05, 4.69) is 9.98 Å². The van der Waals surface area contributed by atoms with E-state index < -0.39 is 6.04 Å². The van der Waals surface area contributed by atoms with Crippen LogP contribution in [0.15, 0.2) is 9.98 Å². The predicted octanol–water partition coefficient (Wildman–Crippen LogP) is 0.488. The highest BCUT2D eigenvalue weighted by molar-refractivity contribution is 5.77. The smallest absolute Gasteiger partial charge is 0.330 e. The fourth-order valence-corrected chi connectivity index (χ4v) is 1.20. The molecule has 6 nitrogen and oxygen atoms in total. The summed E-state index contributed by atoms with van der Waals surface area (Å²) >= 11 is 0. The fraction of sp³-hybridized carbons (Fsp3) is 0.750. The summed E-state index contributed by atoms with van der Waals surface area (Å²) < 4.78 is 4.72.